The van der Waals surface area contributed by atoms with Gasteiger partial charge in [-0.05, 0) is 72.6 Å². The van der Waals surface area contributed by atoms with Crippen LogP contribution in [0.3, 0.4) is 0 Å². The van der Waals surface area contributed by atoms with E-state index in [9.17, 15) is 0 Å². The molecule has 2 rings (SSSR count). The average Bonchev–Trinajstić information content (AvgIpc) is 3.18. The smallest absolute Gasteiger partial charge is 0.0638 e. The Hall–Kier alpha value is -0.120. The van der Waals surface area contributed by atoms with Gasteiger partial charge in [-0.2, -0.15) is 0 Å². The van der Waals surface area contributed by atoms with Gasteiger partial charge in [0.15, 0.2) is 0 Å². The zero-order valence-electron chi connectivity index (χ0n) is 14.8. The molecule has 1 saturated carbocycles. The summed E-state index contributed by atoms with van der Waals surface area (Å²) in [7, 11) is 0. The molecule has 2 fully saturated rings. The van der Waals surface area contributed by atoms with E-state index in [0.717, 1.165) is 25.5 Å². The summed E-state index contributed by atoms with van der Waals surface area (Å²) in [5.74, 6) is 0.856. The molecule has 1 aliphatic heterocycles. The first-order valence-electron chi connectivity index (χ1n) is 8.78. The largest absolute Gasteiger partial charge is 0.375 e. The van der Waals surface area contributed by atoms with Crippen LogP contribution in [0.2, 0.25) is 0 Å². The van der Waals surface area contributed by atoms with Crippen molar-refractivity contribution in [3.63, 3.8) is 0 Å². The maximum Gasteiger partial charge on any atom is 0.0638 e. The fourth-order valence-electron chi connectivity index (χ4n) is 2.88. The number of ether oxygens (including phenoxy) is 2. The van der Waals surface area contributed by atoms with Crippen molar-refractivity contribution in [3.05, 3.63) is 0 Å². The molecule has 3 nitrogen and oxygen atoms in total. The first kappa shape index (κ1) is 17.2. The number of nitrogens with zero attached hydrogens (tertiary/aromatic N) is 1. The third-order valence-corrected chi connectivity index (χ3v) is 4.49. The second kappa shape index (κ2) is 6.97. The highest BCUT2D eigenvalue weighted by atomic mass is 16.5. The predicted molar refractivity (Wildman–Crippen MR) is 87.7 cm³/mol. The number of likely N-dealkylation sites (tertiary alicyclic amines) is 1. The molecule has 0 aromatic rings. The second-order valence-electron chi connectivity index (χ2n) is 8.54. The van der Waals surface area contributed by atoms with E-state index in [4.69, 9.17) is 9.47 Å². The number of rotatable bonds is 7. The maximum atomic E-state index is 6.09. The molecular formula is C18H35NO2. The van der Waals surface area contributed by atoms with Gasteiger partial charge in [-0.15, -0.1) is 0 Å². The zero-order valence-corrected chi connectivity index (χ0v) is 14.8. The first-order valence-corrected chi connectivity index (χ1v) is 8.78. The topological polar surface area (TPSA) is 21.7 Å². The quantitative estimate of drug-likeness (QED) is 0.712. The summed E-state index contributed by atoms with van der Waals surface area (Å²) in [5.41, 5.74) is 0.0207. The summed E-state index contributed by atoms with van der Waals surface area (Å²) in [6, 6.07) is 0. The van der Waals surface area contributed by atoms with Crippen molar-refractivity contribution in [1.29, 1.82) is 0 Å². The van der Waals surface area contributed by atoms with Crippen molar-refractivity contribution in [2.24, 2.45) is 5.92 Å². The Bertz CT molecular complexity index is 310. The van der Waals surface area contributed by atoms with Gasteiger partial charge >= 0.3 is 0 Å². The standard InChI is InChI=1S/C18H35NO2/c1-17(2,3)21-16-8-11-19(12-9-16)13-10-18(4,5)20-14-15-6-7-15/h15-16H,6-14H2,1-5H3. The first-order chi connectivity index (χ1) is 9.73. The van der Waals surface area contributed by atoms with Gasteiger partial charge < -0.3 is 14.4 Å². The van der Waals surface area contributed by atoms with Crippen LogP contribution in [0.5, 0.6) is 0 Å². The molecule has 0 N–H and O–H groups in total. The van der Waals surface area contributed by atoms with E-state index in [1.807, 2.05) is 0 Å². The van der Waals surface area contributed by atoms with E-state index in [2.05, 4.69) is 39.5 Å². The third-order valence-electron chi connectivity index (χ3n) is 4.49. The molecule has 3 heteroatoms. The molecule has 0 unspecified atom stereocenters. The number of hydrogen-bond acceptors (Lipinski definition) is 3. The van der Waals surface area contributed by atoms with Crippen molar-refractivity contribution in [2.45, 2.75) is 84.0 Å². The molecule has 0 bridgehead atoms. The van der Waals surface area contributed by atoms with Gasteiger partial charge in [0.05, 0.1) is 23.9 Å². The monoisotopic (exact) mass is 297 g/mol. The summed E-state index contributed by atoms with van der Waals surface area (Å²) in [6.45, 7) is 15.4. The van der Waals surface area contributed by atoms with E-state index < -0.39 is 0 Å². The van der Waals surface area contributed by atoms with Crippen LogP contribution in [0.4, 0.5) is 0 Å². The third kappa shape index (κ3) is 7.12. The highest BCUT2D eigenvalue weighted by Crippen LogP contribution is 2.31. The van der Waals surface area contributed by atoms with Crippen molar-refractivity contribution < 1.29 is 9.47 Å². The minimum absolute atomic E-state index is 0.00845. The maximum absolute atomic E-state index is 6.09. The molecule has 0 aromatic heterocycles. The SMILES string of the molecule is CC(C)(C)OC1CCN(CCC(C)(C)OCC2CC2)CC1. The minimum atomic E-state index is -0.00845. The normalized spacial score (nSPS) is 22.7. The van der Waals surface area contributed by atoms with Crippen LogP contribution < -0.4 is 0 Å². The Morgan fingerprint density at radius 1 is 0.952 bits per heavy atom. The van der Waals surface area contributed by atoms with Gasteiger partial charge in [-0.1, -0.05) is 0 Å². The number of piperidine rings is 1. The highest BCUT2D eigenvalue weighted by molar-refractivity contribution is 4.79. The van der Waals surface area contributed by atoms with E-state index in [-0.39, 0.29) is 11.2 Å². The van der Waals surface area contributed by atoms with E-state index in [0.29, 0.717) is 6.10 Å². The molecule has 1 aliphatic carbocycles. The van der Waals surface area contributed by atoms with Gasteiger partial charge in [-0.25, -0.2) is 0 Å². The van der Waals surface area contributed by atoms with Gasteiger partial charge in [0.25, 0.3) is 0 Å². The molecule has 0 atom stereocenters. The van der Waals surface area contributed by atoms with Crippen molar-refractivity contribution in [3.8, 4) is 0 Å². The summed E-state index contributed by atoms with van der Waals surface area (Å²) < 4.78 is 12.2. The van der Waals surface area contributed by atoms with Crippen LogP contribution >= 0.6 is 0 Å². The molecule has 21 heavy (non-hydrogen) atoms. The van der Waals surface area contributed by atoms with Crippen molar-refractivity contribution >= 4 is 0 Å². The average molecular weight is 297 g/mol. The molecule has 0 aromatic carbocycles. The molecule has 1 saturated heterocycles. The summed E-state index contributed by atoms with van der Waals surface area (Å²) in [4.78, 5) is 2.57. The second-order valence-corrected chi connectivity index (χ2v) is 8.54. The van der Waals surface area contributed by atoms with Crippen molar-refractivity contribution in [2.75, 3.05) is 26.2 Å². The molecule has 0 radical (unpaired) electrons. The number of hydrogen-bond donors (Lipinski definition) is 0. The van der Waals surface area contributed by atoms with Gasteiger partial charge in [0.1, 0.15) is 0 Å². The molecular weight excluding hydrogens is 262 g/mol. The van der Waals surface area contributed by atoms with E-state index in [1.165, 1.54) is 38.8 Å². The fraction of sp³-hybridized carbons (Fsp3) is 1.00. The van der Waals surface area contributed by atoms with Crippen LogP contribution in [0, 0.1) is 5.92 Å². The zero-order chi connectivity index (χ0) is 15.5. The Kier molecular flexibility index (Phi) is 5.72. The van der Waals surface area contributed by atoms with Crippen LogP contribution in [-0.4, -0.2) is 48.4 Å². The summed E-state index contributed by atoms with van der Waals surface area (Å²) >= 11 is 0. The molecule has 0 spiro atoms. The van der Waals surface area contributed by atoms with Crippen LogP contribution in [0.1, 0.15) is 66.7 Å². The van der Waals surface area contributed by atoms with Gasteiger partial charge in [-0.3, -0.25) is 0 Å². The Morgan fingerprint density at radius 3 is 2.10 bits per heavy atom. The van der Waals surface area contributed by atoms with Crippen LogP contribution in [0.25, 0.3) is 0 Å². The summed E-state index contributed by atoms with van der Waals surface area (Å²) in [6.07, 6.45) is 6.65. The minimum Gasteiger partial charge on any atom is -0.375 e. The lowest BCUT2D eigenvalue weighted by Gasteiger charge is -2.36. The molecule has 0 amide bonds. The van der Waals surface area contributed by atoms with Gasteiger partial charge in [0, 0.05) is 19.6 Å². The molecule has 124 valence electrons. The Balaban J connectivity index is 1.61. The predicted octanol–water partition coefficient (Wildman–Crippen LogP) is 3.86. The van der Waals surface area contributed by atoms with Crippen LogP contribution in [-0.2, 0) is 9.47 Å². The molecule has 1 heterocycles. The molecule has 2 aliphatic rings. The van der Waals surface area contributed by atoms with Crippen molar-refractivity contribution in [1.82, 2.24) is 4.90 Å². The van der Waals surface area contributed by atoms with E-state index >= 15 is 0 Å². The summed E-state index contributed by atoms with van der Waals surface area (Å²) in [5, 5.41) is 0. The highest BCUT2D eigenvalue weighted by Gasteiger charge is 2.28. The lowest BCUT2D eigenvalue weighted by atomic mass is 10.0. The van der Waals surface area contributed by atoms with Crippen LogP contribution in [0.15, 0.2) is 0 Å². The Morgan fingerprint density at radius 2 is 1.57 bits per heavy atom. The van der Waals surface area contributed by atoms with Gasteiger partial charge in [0.2, 0.25) is 0 Å². The Labute approximate surface area is 131 Å². The van der Waals surface area contributed by atoms with E-state index in [1.54, 1.807) is 0 Å². The lowest BCUT2D eigenvalue weighted by Crippen LogP contribution is -2.42. The fourth-order valence-corrected chi connectivity index (χ4v) is 2.88. The lowest BCUT2D eigenvalue weighted by molar-refractivity contribution is -0.0848.